The smallest absolute Gasteiger partial charge is 0.347 e. The lowest BCUT2D eigenvalue weighted by Gasteiger charge is -2.24. The number of carbonyl (C=O) groups excluding carboxylic acids is 2. The maximum absolute atomic E-state index is 11.2. The van der Waals surface area contributed by atoms with Crippen molar-refractivity contribution in [2.24, 2.45) is 0 Å². The molecule has 0 amide bonds. The highest BCUT2D eigenvalue weighted by Gasteiger charge is 2.33. The third-order valence-corrected chi connectivity index (χ3v) is 2.33. The van der Waals surface area contributed by atoms with Gasteiger partial charge in [-0.05, 0) is 5.56 Å². The highest BCUT2D eigenvalue weighted by Crippen LogP contribution is 2.20. The Morgan fingerprint density at radius 1 is 1.10 bits per heavy atom. The van der Waals surface area contributed by atoms with Gasteiger partial charge in [0.1, 0.15) is 6.04 Å². The fourth-order valence-electron chi connectivity index (χ4n) is 1.55. The number of hydrogen-bond acceptors (Lipinski definition) is 6. The Balaban J connectivity index is 3.03. The number of carboxylic acid groups (broad SMARTS) is 1. The molecule has 0 aromatic heterocycles. The Bertz CT molecular complexity index is 487. The van der Waals surface area contributed by atoms with Crippen molar-refractivity contribution in [1.29, 1.82) is 0 Å². The van der Waals surface area contributed by atoms with E-state index in [2.05, 4.69) is 10.3 Å². The molecular formula is C13H15NO6. The molecule has 0 radical (unpaired) electrons. The number of aliphatic carboxylic acids is 1. The second kappa shape index (κ2) is 7.25. The van der Waals surface area contributed by atoms with Crippen molar-refractivity contribution >= 4 is 17.9 Å². The fourth-order valence-corrected chi connectivity index (χ4v) is 1.55. The summed E-state index contributed by atoms with van der Waals surface area (Å²) in [6.07, 6.45) is -1.52. The van der Waals surface area contributed by atoms with Crippen LogP contribution in [0, 0.1) is 0 Å². The lowest BCUT2D eigenvalue weighted by molar-refractivity contribution is -0.171. The van der Waals surface area contributed by atoms with E-state index in [0.717, 1.165) is 13.8 Å². The van der Waals surface area contributed by atoms with Crippen LogP contribution < -0.4 is 5.48 Å². The third-order valence-electron chi connectivity index (χ3n) is 2.33. The van der Waals surface area contributed by atoms with Gasteiger partial charge in [-0.25, -0.2) is 4.79 Å². The van der Waals surface area contributed by atoms with Crippen LogP contribution in [-0.2, 0) is 24.0 Å². The van der Waals surface area contributed by atoms with Gasteiger partial charge in [0.25, 0.3) is 0 Å². The van der Waals surface area contributed by atoms with Crippen LogP contribution in [0.25, 0.3) is 0 Å². The summed E-state index contributed by atoms with van der Waals surface area (Å²) >= 11 is 0. The van der Waals surface area contributed by atoms with E-state index in [1.165, 1.54) is 0 Å². The maximum Gasteiger partial charge on any atom is 0.347 e. The number of ether oxygens (including phenoxy) is 1. The summed E-state index contributed by atoms with van der Waals surface area (Å²) in [5.41, 5.74) is 2.82. The molecule has 2 N–H and O–H groups in total. The second-order valence-corrected chi connectivity index (χ2v) is 3.97. The van der Waals surface area contributed by atoms with Crippen molar-refractivity contribution in [3.05, 3.63) is 35.9 Å². The highest BCUT2D eigenvalue weighted by atomic mass is 16.7. The van der Waals surface area contributed by atoms with E-state index in [1.54, 1.807) is 30.3 Å². The lowest BCUT2D eigenvalue weighted by atomic mass is 10.0. The number of rotatable bonds is 6. The summed E-state index contributed by atoms with van der Waals surface area (Å²) in [5.74, 6) is -2.74. The Kier molecular flexibility index (Phi) is 5.67. The monoisotopic (exact) mass is 281 g/mol. The van der Waals surface area contributed by atoms with Gasteiger partial charge in [-0.15, -0.1) is 5.48 Å². The summed E-state index contributed by atoms with van der Waals surface area (Å²) in [6.45, 7) is 2.26. The predicted molar refractivity (Wildman–Crippen MR) is 67.3 cm³/mol. The molecule has 0 saturated carbocycles. The largest absolute Gasteiger partial charge is 0.478 e. The summed E-state index contributed by atoms with van der Waals surface area (Å²) in [7, 11) is 0. The molecular weight excluding hydrogens is 266 g/mol. The first-order valence-electron chi connectivity index (χ1n) is 5.79. The van der Waals surface area contributed by atoms with Crippen LogP contribution in [0.3, 0.4) is 0 Å². The standard InChI is InChI=1S/C13H15NO6/c1-8(15)19-12(13(17)18)11(14-20-9(2)16)10-6-4-3-5-7-10/h3-7,11-12,14H,1-2H3,(H,17,18)/t11-,12+/m0/s1. The molecule has 0 unspecified atom stereocenters. The van der Waals surface area contributed by atoms with Crippen LogP contribution in [0.15, 0.2) is 30.3 Å². The average Bonchev–Trinajstić information content (AvgIpc) is 2.38. The van der Waals surface area contributed by atoms with E-state index < -0.39 is 30.1 Å². The van der Waals surface area contributed by atoms with Crippen molar-refractivity contribution in [3.8, 4) is 0 Å². The fraction of sp³-hybridized carbons (Fsp3) is 0.308. The second-order valence-electron chi connectivity index (χ2n) is 3.97. The molecule has 108 valence electrons. The Morgan fingerprint density at radius 2 is 1.70 bits per heavy atom. The number of carboxylic acids is 1. The highest BCUT2D eigenvalue weighted by molar-refractivity contribution is 5.78. The molecule has 0 bridgehead atoms. The molecule has 0 saturated heterocycles. The SMILES string of the molecule is CC(=O)ON[C@@H](c1ccccc1)[C@@H](OC(C)=O)C(=O)O. The van der Waals surface area contributed by atoms with E-state index in [0.29, 0.717) is 5.56 Å². The van der Waals surface area contributed by atoms with Crippen molar-refractivity contribution in [2.75, 3.05) is 0 Å². The number of nitrogens with one attached hydrogen (secondary N) is 1. The van der Waals surface area contributed by atoms with Gasteiger partial charge >= 0.3 is 17.9 Å². The van der Waals surface area contributed by atoms with E-state index in [1.807, 2.05) is 0 Å². The van der Waals surface area contributed by atoms with Crippen molar-refractivity contribution < 1.29 is 29.1 Å². The minimum Gasteiger partial charge on any atom is -0.478 e. The van der Waals surface area contributed by atoms with Crippen LogP contribution >= 0.6 is 0 Å². The summed E-state index contributed by atoms with van der Waals surface area (Å²) in [4.78, 5) is 37.7. The Morgan fingerprint density at radius 3 is 2.15 bits per heavy atom. The quantitative estimate of drug-likeness (QED) is 0.587. The van der Waals surface area contributed by atoms with Gasteiger partial charge in [0.05, 0.1) is 0 Å². The van der Waals surface area contributed by atoms with Crippen molar-refractivity contribution in [1.82, 2.24) is 5.48 Å². The summed E-state index contributed by atoms with van der Waals surface area (Å²) in [5, 5.41) is 9.16. The van der Waals surface area contributed by atoms with Gasteiger partial charge in [-0.1, -0.05) is 30.3 Å². The number of carbonyl (C=O) groups is 3. The number of esters is 1. The molecule has 0 heterocycles. The molecule has 20 heavy (non-hydrogen) atoms. The molecule has 7 heteroatoms. The Labute approximate surface area is 115 Å². The van der Waals surface area contributed by atoms with Gasteiger partial charge in [0.2, 0.25) is 6.10 Å². The van der Waals surface area contributed by atoms with Crippen LogP contribution in [0.2, 0.25) is 0 Å². The number of benzene rings is 1. The van der Waals surface area contributed by atoms with Crippen molar-refractivity contribution in [3.63, 3.8) is 0 Å². The van der Waals surface area contributed by atoms with E-state index in [-0.39, 0.29) is 0 Å². The van der Waals surface area contributed by atoms with E-state index in [9.17, 15) is 14.4 Å². The number of hydrogen-bond donors (Lipinski definition) is 2. The molecule has 1 aromatic rings. The molecule has 2 atom stereocenters. The van der Waals surface area contributed by atoms with E-state index in [4.69, 9.17) is 9.84 Å². The van der Waals surface area contributed by atoms with Crippen LogP contribution in [0.1, 0.15) is 25.5 Å². The van der Waals surface area contributed by atoms with Gasteiger partial charge in [-0.3, -0.25) is 9.59 Å². The predicted octanol–water partition coefficient (Wildman–Crippen LogP) is 0.812. The summed E-state index contributed by atoms with van der Waals surface area (Å²) < 4.78 is 4.77. The van der Waals surface area contributed by atoms with Crippen molar-refractivity contribution in [2.45, 2.75) is 26.0 Å². The first-order valence-corrected chi connectivity index (χ1v) is 5.79. The van der Waals surface area contributed by atoms with Crippen LogP contribution in [-0.4, -0.2) is 29.1 Å². The van der Waals surface area contributed by atoms with Crippen LogP contribution in [0.4, 0.5) is 0 Å². The zero-order valence-corrected chi connectivity index (χ0v) is 11.0. The average molecular weight is 281 g/mol. The molecule has 0 fully saturated rings. The maximum atomic E-state index is 11.2. The topological polar surface area (TPSA) is 102 Å². The lowest BCUT2D eigenvalue weighted by Crippen LogP contribution is -2.40. The minimum atomic E-state index is -1.52. The molecule has 1 rings (SSSR count). The van der Waals surface area contributed by atoms with Gasteiger partial charge in [0.15, 0.2) is 0 Å². The molecule has 0 aliphatic carbocycles. The molecule has 7 nitrogen and oxygen atoms in total. The molecule has 0 spiro atoms. The number of hydroxylamine groups is 1. The first kappa shape index (κ1) is 15.6. The van der Waals surface area contributed by atoms with Gasteiger partial charge in [-0.2, -0.15) is 0 Å². The first-order chi connectivity index (χ1) is 9.41. The summed E-state index contributed by atoms with van der Waals surface area (Å²) in [6, 6.07) is 7.35. The van der Waals surface area contributed by atoms with E-state index >= 15 is 0 Å². The minimum absolute atomic E-state index is 0.502. The normalized spacial score (nSPS) is 13.1. The van der Waals surface area contributed by atoms with Gasteiger partial charge < -0.3 is 14.7 Å². The molecule has 1 aromatic carbocycles. The molecule has 0 aliphatic rings. The zero-order chi connectivity index (χ0) is 15.1. The Hall–Kier alpha value is -2.41. The van der Waals surface area contributed by atoms with Crippen LogP contribution in [0.5, 0.6) is 0 Å². The molecule has 0 aliphatic heterocycles. The van der Waals surface area contributed by atoms with Gasteiger partial charge in [0, 0.05) is 13.8 Å². The zero-order valence-electron chi connectivity index (χ0n) is 11.0. The third kappa shape index (κ3) is 4.69.